The first-order chi connectivity index (χ1) is 11.1. The summed E-state index contributed by atoms with van der Waals surface area (Å²) in [7, 11) is 0. The van der Waals surface area contributed by atoms with Crippen LogP contribution in [0.15, 0.2) is 24.3 Å². The summed E-state index contributed by atoms with van der Waals surface area (Å²) in [5.41, 5.74) is 2.03. The number of carbonyl (C=O) groups excluding carboxylic acids is 2. The Balaban J connectivity index is 1.82. The van der Waals surface area contributed by atoms with E-state index in [2.05, 4.69) is 13.0 Å². The number of nitrogens with zero attached hydrogens (tertiary/aromatic N) is 1. The molecular weight excluding hydrogens is 286 g/mol. The van der Waals surface area contributed by atoms with E-state index in [9.17, 15) is 9.59 Å². The fourth-order valence-corrected chi connectivity index (χ4v) is 3.33. The van der Waals surface area contributed by atoms with E-state index in [-0.39, 0.29) is 5.78 Å². The highest BCUT2D eigenvalue weighted by molar-refractivity contribution is 5.94. The molecule has 1 amide bonds. The van der Waals surface area contributed by atoms with Gasteiger partial charge in [-0.2, -0.15) is 0 Å². The first-order valence-electron chi connectivity index (χ1n) is 9.00. The molecule has 3 nitrogen and oxygen atoms in total. The molecule has 0 N–H and O–H groups in total. The van der Waals surface area contributed by atoms with Gasteiger partial charge in [0, 0.05) is 25.1 Å². The molecule has 2 rings (SSSR count). The third-order valence-electron chi connectivity index (χ3n) is 4.86. The Bertz CT molecular complexity index is 530. The van der Waals surface area contributed by atoms with Crippen LogP contribution in [0.1, 0.15) is 80.6 Å². The van der Waals surface area contributed by atoms with Crippen LogP contribution in [-0.4, -0.2) is 29.7 Å². The lowest BCUT2D eigenvalue weighted by Gasteiger charge is -2.32. The molecule has 1 aliphatic heterocycles. The lowest BCUT2D eigenvalue weighted by Crippen LogP contribution is -2.37. The number of hydrogen-bond acceptors (Lipinski definition) is 2. The van der Waals surface area contributed by atoms with Crippen molar-refractivity contribution >= 4 is 11.7 Å². The standard InChI is InChI=1S/C20H29NO2/c1-3-4-5-6-10-20(23)21-13-11-17(12-14-21)19-9-7-8-18(15-19)16(2)22/h7-9,15,17H,3-6,10-14H2,1-2H3. The molecule has 0 unspecified atom stereocenters. The predicted octanol–water partition coefficient (Wildman–Crippen LogP) is 4.57. The molecular formula is C20H29NO2. The summed E-state index contributed by atoms with van der Waals surface area (Å²) < 4.78 is 0. The minimum atomic E-state index is 0.117. The van der Waals surface area contributed by atoms with Crippen molar-refractivity contribution in [3.63, 3.8) is 0 Å². The number of amides is 1. The highest BCUT2D eigenvalue weighted by atomic mass is 16.2. The largest absolute Gasteiger partial charge is 0.343 e. The zero-order valence-electron chi connectivity index (χ0n) is 14.5. The van der Waals surface area contributed by atoms with Crippen LogP contribution in [0.4, 0.5) is 0 Å². The minimum absolute atomic E-state index is 0.117. The van der Waals surface area contributed by atoms with Crippen LogP contribution < -0.4 is 0 Å². The Morgan fingerprint density at radius 1 is 1.13 bits per heavy atom. The molecule has 1 fully saturated rings. The van der Waals surface area contributed by atoms with Gasteiger partial charge in [0.1, 0.15) is 0 Å². The Hall–Kier alpha value is -1.64. The summed E-state index contributed by atoms with van der Waals surface area (Å²) >= 11 is 0. The van der Waals surface area contributed by atoms with Gasteiger partial charge >= 0.3 is 0 Å². The van der Waals surface area contributed by atoms with Crippen LogP contribution in [-0.2, 0) is 4.79 Å². The van der Waals surface area contributed by atoms with Crippen molar-refractivity contribution in [3.8, 4) is 0 Å². The van der Waals surface area contributed by atoms with E-state index in [4.69, 9.17) is 0 Å². The van der Waals surface area contributed by atoms with Crippen molar-refractivity contribution in [1.82, 2.24) is 4.90 Å². The summed E-state index contributed by atoms with van der Waals surface area (Å²) in [6, 6.07) is 7.98. The van der Waals surface area contributed by atoms with Crippen LogP contribution in [0.25, 0.3) is 0 Å². The van der Waals surface area contributed by atoms with Crippen LogP contribution in [0.5, 0.6) is 0 Å². The second-order valence-electron chi connectivity index (χ2n) is 6.65. The van der Waals surface area contributed by atoms with Crippen LogP contribution >= 0.6 is 0 Å². The van der Waals surface area contributed by atoms with Gasteiger partial charge in [0.15, 0.2) is 5.78 Å². The van der Waals surface area contributed by atoms with Gasteiger partial charge < -0.3 is 4.90 Å². The number of piperidine rings is 1. The molecule has 1 aromatic rings. The van der Waals surface area contributed by atoms with Gasteiger partial charge in [-0.25, -0.2) is 0 Å². The number of unbranched alkanes of at least 4 members (excludes halogenated alkanes) is 3. The van der Waals surface area contributed by atoms with Gasteiger partial charge in [0.05, 0.1) is 0 Å². The van der Waals surface area contributed by atoms with Gasteiger partial charge in [-0.15, -0.1) is 0 Å². The smallest absolute Gasteiger partial charge is 0.222 e. The average Bonchev–Trinajstić information content (AvgIpc) is 2.59. The van der Waals surface area contributed by atoms with Gasteiger partial charge in [-0.05, 0) is 43.7 Å². The number of carbonyl (C=O) groups is 2. The quantitative estimate of drug-likeness (QED) is 0.546. The molecule has 0 spiro atoms. The normalized spacial score (nSPS) is 15.7. The lowest BCUT2D eigenvalue weighted by atomic mass is 9.88. The van der Waals surface area contributed by atoms with E-state index in [0.29, 0.717) is 18.2 Å². The third kappa shape index (κ3) is 5.19. The van der Waals surface area contributed by atoms with E-state index >= 15 is 0 Å². The Labute approximate surface area is 140 Å². The highest BCUT2D eigenvalue weighted by Gasteiger charge is 2.23. The predicted molar refractivity (Wildman–Crippen MR) is 93.8 cm³/mol. The Morgan fingerprint density at radius 2 is 1.87 bits per heavy atom. The molecule has 0 radical (unpaired) electrons. The number of benzene rings is 1. The van der Waals surface area contributed by atoms with Crippen molar-refractivity contribution in [3.05, 3.63) is 35.4 Å². The summed E-state index contributed by atoms with van der Waals surface area (Å²) in [5, 5.41) is 0. The number of hydrogen-bond donors (Lipinski definition) is 0. The fraction of sp³-hybridized carbons (Fsp3) is 0.600. The first-order valence-corrected chi connectivity index (χ1v) is 9.00. The monoisotopic (exact) mass is 315 g/mol. The maximum atomic E-state index is 12.2. The van der Waals surface area contributed by atoms with Crippen molar-refractivity contribution in [1.29, 1.82) is 0 Å². The molecule has 0 saturated carbocycles. The zero-order valence-corrected chi connectivity index (χ0v) is 14.5. The minimum Gasteiger partial charge on any atom is -0.343 e. The second kappa shape index (κ2) is 8.85. The first kappa shape index (κ1) is 17.7. The molecule has 1 heterocycles. The molecule has 0 aliphatic carbocycles. The lowest BCUT2D eigenvalue weighted by molar-refractivity contribution is -0.132. The molecule has 3 heteroatoms. The topological polar surface area (TPSA) is 37.4 Å². The van der Waals surface area contributed by atoms with E-state index in [1.165, 1.54) is 18.4 Å². The Morgan fingerprint density at radius 3 is 2.52 bits per heavy atom. The maximum absolute atomic E-state index is 12.2. The molecule has 0 bridgehead atoms. The molecule has 0 aromatic heterocycles. The number of Topliss-reactive ketones (excluding diaryl/α,β-unsaturated/α-hetero) is 1. The van der Waals surface area contributed by atoms with Crippen molar-refractivity contribution in [2.24, 2.45) is 0 Å². The van der Waals surface area contributed by atoms with Crippen molar-refractivity contribution in [2.75, 3.05) is 13.1 Å². The van der Waals surface area contributed by atoms with E-state index in [1.807, 2.05) is 23.1 Å². The Kier molecular flexibility index (Phi) is 6.82. The van der Waals surface area contributed by atoms with Crippen LogP contribution in [0.2, 0.25) is 0 Å². The van der Waals surface area contributed by atoms with E-state index < -0.39 is 0 Å². The van der Waals surface area contributed by atoms with Gasteiger partial charge in [0.25, 0.3) is 0 Å². The van der Waals surface area contributed by atoms with E-state index in [1.54, 1.807) is 6.92 Å². The van der Waals surface area contributed by atoms with Gasteiger partial charge in [-0.3, -0.25) is 9.59 Å². The number of rotatable bonds is 7. The second-order valence-corrected chi connectivity index (χ2v) is 6.65. The number of ketones is 1. The SMILES string of the molecule is CCCCCCC(=O)N1CCC(c2cccc(C(C)=O)c2)CC1. The highest BCUT2D eigenvalue weighted by Crippen LogP contribution is 2.29. The molecule has 1 aromatic carbocycles. The summed E-state index contributed by atoms with van der Waals surface area (Å²) in [6.45, 7) is 5.50. The maximum Gasteiger partial charge on any atom is 0.222 e. The van der Waals surface area contributed by atoms with Crippen molar-refractivity contribution in [2.45, 2.75) is 64.7 Å². The zero-order chi connectivity index (χ0) is 16.7. The number of likely N-dealkylation sites (tertiary alicyclic amines) is 1. The summed E-state index contributed by atoms with van der Waals surface area (Å²) in [5.74, 6) is 0.905. The molecule has 126 valence electrons. The van der Waals surface area contributed by atoms with Crippen LogP contribution in [0.3, 0.4) is 0 Å². The van der Waals surface area contributed by atoms with Gasteiger partial charge in [0.2, 0.25) is 5.91 Å². The third-order valence-corrected chi connectivity index (χ3v) is 4.86. The summed E-state index contributed by atoms with van der Waals surface area (Å²) in [6.07, 6.45) is 7.32. The molecule has 1 aliphatic rings. The van der Waals surface area contributed by atoms with Gasteiger partial charge in [-0.1, -0.05) is 44.4 Å². The summed E-state index contributed by atoms with van der Waals surface area (Å²) in [4.78, 5) is 25.8. The van der Waals surface area contributed by atoms with Crippen molar-refractivity contribution < 1.29 is 9.59 Å². The molecule has 23 heavy (non-hydrogen) atoms. The van der Waals surface area contributed by atoms with Crippen LogP contribution in [0, 0.1) is 0 Å². The van der Waals surface area contributed by atoms with E-state index in [0.717, 1.165) is 44.3 Å². The average molecular weight is 315 g/mol. The molecule has 0 atom stereocenters. The molecule has 1 saturated heterocycles. The fourth-order valence-electron chi connectivity index (χ4n) is 3.33.